The topological polar surface area (TPSA) is 78.4 Å². The van der Waals surface area contributed by atoms with Crippen LogP contribution in [-0.4, -0.2) is 29.2 Å². The van der Waals surface area contributed by atoms with Gasteiger partial charge in [-0.05, 0) is 30.6 Å². The molecule has 2 aliphatic carbocycles. The van der Waals surface area contributed by atoms with Gasteiger partial charge >= 0.3 is 12.0 Å². The second-order valence-corrected chi connectivity index (χ2v) is 6.58. The Bertz CT molecular complexity index is 362. The minimum atomic E-state index is -0.919. The Hall–Kier alpha value is -1.26. The fraction of sp³-hybridized carbons (Fsp3) is 0.857. The van der Waals surface area contributed by atoms with Crippen LogP contribution in [0.15, 0.2) is 0 Å². The number of aliphatic carboxylic acids is 1. The molecule has 0 aromatic carbocycles. The van der Waals surface area contributed by atoms with E-state index in [9.17, 15) is 14.7 Å². The van der Waals surface area contributed by atoms with Crippen molar-refractivity contribution in [3.05, 3.63) is 0 Å². The van der Waals surface area contributed by atoms with E-state index in [0.29, 0.717) is 0 Å². The van der Waals surface area contributed by atoms with Crippen LogP contribution in [0.1, 0.15) is 52.4 Å². The van der Waals surface area contributed by atoms with Gasteiger partial charge in [-0.3, -0.25) is 0 Å². The maximum Gasteiger partial charge on any atom is 0.326 e. The summed E-state index contributed by atoms with van der Waals surface area (Å²) in [6.07, 6.45) is 6.05. The molecule has 2 aliphatic rings. The molecule has 0 aromatic rings. The lowest BCUT2D eigenvalue weighted by Gasteiger charge is -2.28. The minimum absolute atomic E-state index is 0.0733. The first-order chi connectivity index (χ1) is 8.90. The molecule has 108 valence electrons. The van der Waals surface area contributed by atoms with Gasteiger partial charge in [0.2, 0.25) is 0 Å². The Morgan fingerprint density at radius 2 is 1.79 bits per heavy atom. The van der Waals surface area contributed by atoms with E-state index < -0.39 is 12.0 Å². The van der Waals surface area contributed by atoms with Gasteiger partial charge in [0.25, 0.3) is 0 Å². The summed E-state index contributed by atoms with van der Waals surface area (Å²) >= 11 is 0. The summed E-state index contributed by atoms with van der Waals surface area (Å²) in [6, 6.07) is -0.913. The van der Waals surface area contributed by atoms with E-state index in [4.69, 9.17) is 0 Å². The van der Waals surface area contributed by atoms with Crippen LogP contribution in [0.3, 0.4) is 0 Å². The molecule has 2 rings (SSSR count). The molecule has 2 fully saturated rings. The summed E-state index contributed by atoms with van der Waals surface area (Å²) < 4.78 is 0. The van der Waals surface area contributed by atoms with Crippen molar-refractivity contribution in [1.82, 2.24) is 10.6 Å². The number of hydrogen-bond donors (Lipinski definition) is 3. The molecule has 0 aromatic heterocycles. The second-order valence-electron chi connectivity index (χ2n) is 6.58. The Morgan fingerprint density at radius 3 is 2.26 bits per heavy atom. The Balaban J connectivity index is 1.85. The molecule has 5 nitrogen and oxygen atoms in total. The molecule has 3 N–H and O–H groups in total. The van der Waals surface area contributed by atoms with E-state index in [1.165, 1.54) is 6.42 Å². The molecule has 5 heteroatoms. The zero-order valence-electron chi connectivity index (χ0n) is 11.7. The maximum absolute atomic E-state index is 11.9. The van der Waals surface area contributed by atoms with E-state index >= 15 is 0 Å². The highest BCUT2D eigenvalue weighted by molar-refractivity contribution is 5.83. The van der Waals surface area contributed by atoms with Gasteiger partial charge in [-0.25, -0.2) is 9.59 Å². The average molecular weight is 268 g/mol. The third-order valence-corrected chi connectivity index (χ3v) is 4.49. The van der Waals surface area contributed by atoms with Crippen molar-refractivity contribution in [2.45, 2.75) is 64.5 Å². The van der Waals surface area contributed by atoms with Crippen LogP contribution in [0.4, 0.5) is 4.79 Å². The summed E-state index contributed by atoms with van der Waals surface area (Å²) in [5.74, 6) is -0.846. The maximum atomic E-state index is 11.9. The Morgan fingerprint density at radius 1 is 1.21 bits per heavy atom. The lowest BCUT2D eigenvalue weighted by Crippen LogP contribution is -2.51. The van der Waals surface area contributed by atoms with Gasteiger partial charge in [-0.15, -0.1) is 0 Å². The van der Waals surface area contributed by atoms with Crippen LogP contribution in [0.25, 0.3) is 0 Å². The Labute approximate surface area is 114 Å². The van der Waals surface area contributed by atoms with Crippen LogP contribution in [0.2, 0.25) is 0 Å². The molecule has 0 aliphatic heterocycles. The van der Waals surface area contributed by atoms with Crippen molar-refractivity contribution in [3.8, 4) is 0 Å². The summed E-state index contributed by atoms with van der Waals surface area (Å²) in [4.78, 5) is 23.2. The molecule has 0 bridgehead atoms. The highest BCUT2D eigenvalue weighted by Gasteiger charge is 2.47. The molecule has 2 atom stereocenters. The fourth-order valence-corrected chi connectivity index (χ4v) is 2.90. The molecule has 0 saturated heterocycles. The molecular weight excluding hydrogens is 244 g/mol. The third-order valence-electron chi connectivity index (χ3n) is 4.49. The minimum Gasteiger partial charge on any atom is -0.480 e. The monoisotopic (exact) mass is 268 g/mol. The molecule has 2 saturated carbocycles. The van der Waals surface area contributed by atoms with Gasteiger partial charge < -0.3 is 15.7 Å². The Kier molecular flexibility index (Phi) is 4.02. The number of urea groups is 1. The van der Waals surface area contributed by atoms with Gasteiger partial charge in [0, 0.05) is 6.04 Å². The number of carbonyl (C=O) groups is 2. The first-order valence-electron chi connectivity index (χ1n) is 7.20. The van der Waals surface area contributed by atoms with E-state index in [1.807, 2.05) is 0 Å². The van der Waals surface area contributed by atoms with Crippen molar-refractivity contribution in [2.75, 3.05) is 0 Å². The third kappa shape index (κ3) is 3.61. The SMILES string of the molecule is CC1(C)CC1NC(=O)NC(C(=O)O)C1CCCCC1. The number of amides is 2. The van der Waals surface area contributed by atoms with Crippen LogP contribution in [0.5, 0.6) is 0 Å². The number of hydrogen-bond acceptors (Lipinski definition) is 2. The predicted octanol–water partition coefficient (Wildman–Crippen LogP) is 2.12. The molecule has 19 heavy (non-hydrogen) atoms. The van der Waals surface area contributed by atoms with Gasteiger partial charge in [-0.2, -0.15) is 0 Å². The molecule has 2 unspecified atom stereocenters. The average Bonchev–Trinajstić information content (AvgIpc) is 2.94. The number of carbonyl (C=O) groups excluding carboxylic acids is 1. The van der Waals surface area contributed by atoms with Crippen molar-refractivity contribution in [1.29, 1.82) is 0 Å². The predicted molar refractivity (Wildman–Crippen MR) is 71.9 cm³/mol. The smallest absolute Gasteiger partial charge is 0.326 e. The lowest BCUT2D eigenvalue weighted by atomic mass is 9.84. The molecule has 2 amide bonds. The van der Waals surface area contributed by atoms with E-state index in [2.05, 4.69) is 24.5 Å². The van der Waals surface area contributed by atoms with Crippen molar-refractivity contribution < 1.29 is 14.7 Å². The summed E-state index contributed by atoms with van der Waals surface area (Å²) in [5.41, 5.74) is 0.154. The van der Waals surface area contributed by atoms with Crippen LogP contribution < -0.4 is 10.6 Å². The number of carboxylic acids is 1. The van der Waals surface area contributed by atoms with Crippen LogP contribution in [0, 0.1) is 11.3 Å². The van der Waals surface area contributed by atoms with Gasteiger partial charge in [0.1, 0.15) is 6.04 Å². The first kappa shape index (κ1) is 14.2. The standard InChI is InChI=1S/C14H24N2O3/c1-14(2)8-10(14)15-13(19)16-11(12(17)18)9-6-4-3-5-7-9/h9-11H,3-8H2,1-2H3,(H,17,18)(H2,15,16,19). The van der Waals surface area contributed by atoms with Crippen molar-refractivity contribution in [3.63, 3.8) is 0 Å². The van der Waals surface area contributed by atoms with Gasteiger partial charge in [0.05, 0.1) is 0 Å². The van der Waals surface area contributed by atoms with Gasteiger partial charge in [-0.1, -0.05) is 33.1 Å². The summed E-state index contributed by atoms with van der Waals surface area (Å²) in [5, 5.41) is 14.8. The highest BCUT2D eigenvalue weighted by atomic mass is 16.4. The molecule has 0 radical (unpaired) electrons. The van der Waals surface area contributed by atoms with Crippen molar-refractivity contribution in [2.24, 2.45) is 11.3 Å². The quantitative estimate of drug-likeness (QED) is 0.730. The van der Waals surface area contributed by atoms with E-state index in [-0.39, 0.29) is 23.4 Å². The van der Waals surface area contributed by atoms with Crippen LogP contribution in [-0.2, 0) is 4.79 Å². The molecule has 0 heterocycles. The highest BCUT2D eigenvalue weighted by Crippen LogP contribution is 2.44. The molecule has 0 spiro atoms. The lowest BCUT2D eigenvalue weighted by molar-refractivity contribution is -0.141. The molecular formula is C14H24N2O3. The first-order valence-corrected chi connectivity index (χ1v) is 7.20. The van der Waals surface area contributed by atoms with Crippen LogP contribution >= 0.6 is 0 Å². The van der Waals surface area contributed by atoms with E-state index in [0.717, 1.165) is 32.1 Å². The zero-order valence-corrected chi connectivity index (χ0v) is 11.7. The van der Waals surface area contributed by atoms with Gasteiger partial charge in [0.15, 0.2) is 0 Å². The largest absolute Gasteiger partial charge is 0.480 e. The second kappa shape index (κ2) is 5.39. The zero-order chi connectivity index (χ0) is 14.0. The number of nitrogens with one attached hydrogen (secondary N) is 2. The fourth-order valence-electron chi connectivity index (χ4n) is 2.90. The summed E-state index contributed by atoms with van der Waals surface area (Å²) in [7, 11) is 0. The number of carboxylic acid groups (broad SMARTS) is 1. The number of rotatable bonds is 4. The van der Waals surface area contributed by atoms with Crippen molar-refractivity contribution >= 4 is 12.0 Å². The summed E-state index contributed by atoms with van der Waals surface area (Å²) in [6.45, 7) is 4.18. The normalized spacial score (nSPS) is 27.4. The van der Waals surface area contributed by atoms with E-state index in [1.54, 1.807) is 0 Å².